The van der Waals surface area contributed by atoms with Gasteiger partial charge in [-0.2, -0.15) is 0 Å². The maximum absolute atomic E-state index is 9.61. The van der Waals surface area contributed by atoms with Crippen LogP contribution in [0.15, 0.2) is 48.5 Å². The zero-order chi connectivity index (χ0) is 18.1. The van der Waals surface area contributed by atoms with Gasteiger partial charge in [0, 0.05) is 13.2 Å². The lowest BCUT2D eigenvalue weighted by molar-refractivity contribution is 0.142. The molecule has 0 aliphatic rings. The minimum absolute atomic E-state index is 0.302. The molecule has 25 heavy (non-hydrogen) atoms. The maximum atomic E-state index is 9.61. The fourth-order valence-corrected chi connectivity index (χ4v) is 3.51. The van der Waals surface area contributed by atoms with Gasteiger partial charge in [-0.05, 0) is 73.4 Å². The van der Waals surface area contributed by atoms with E-state index in [1.807, 2.05) is 31.2 Å². The molecule has 0 aliphatic carbocycles. The number of benzene rings is 2. The topological polar surface area (TPSA) is 49.7 Å². The van der Waals surface area contributed by atoms with Gasteiger partial charge in [-0.1, -0.05) is 37.6 Å². The molecular weight excluding hydrogens is 312 g/mol. The van der Waals surface area contributed by atoms with Crippen LogP contribution < -0.4 is 0 Å². The minimum atomic E-state index is 0.302. The lowest BCUT2D eigenvalue weighted by atomic mass is 9.77. The van der Waals surface area contributed by atoms with Gasteiger partial charge < -0.3 is 14.9 Å². The summed E-state index contributed by atoms with van der Waals surface area (Å²) in [6.45, 7) is 5.82. The van der Waals surface area contributed by atoms with Gasteiger partial charge in [0.1, 0.15) is 11.5 Å². The molecule has 0 aliphatic heterocycles. The second kappa shape index (κ2) is 10.1. The van der Waals surface area contributed by atoms with Crippen molar-refractivity contribution in [3.05, 3.63) is 59.7 Å². The molecule has 3 nitrogen and oxygen atoms in total. The Morgan fingerprint density at radius 1 is 0.760 bits per heavy atom. The summed E-state index contributed by atoms with van der Waals surface area (Å²) in [6.07, 6.45) is 4.29. The molecule has 2 rings (SSSR count). The van der Waals surface area contributed by atoms with Crippen LogP contribution in [-0.4, -0.2) is 23.4 Å². The number of hydrogen-bond donors (Lipinski definition) is 2. The van der Waals surface area contributed by atoms with Gasteiger partial charge in [0.25, 0.3) is 0 Å². The first-order valence-electron chi connectivity index (χ1n) is 9.31. The van der Waals surface area contributed by atoms with E-state index in [0.29, 0.717) is 23.3 Å². The fraction of sp³-hybridized carbons (Fsp3) is 0.455. The molecule has 136 valence electrons. The van der Waals surface area contributed by atoms with Crippen LogP contribution in [0.1, 0.15) is 62.5 Å². The Morgan fingerprint density at radius 2 is 1.28 bits per heavy atom. The number of rotatable bonds is 10. The van der Waals surface area contributed by atoms with Crippen LogP contribution in [0.3, 0.4) is 0 Å². The molecule has 2 atom stereocenters. The minimum Gasteiger partial charge on any atom is -0.508 e. The molecule has 2 N–H and O–H groups in total. The molecule has 0 spiro atoms. The van der Waals surface area contributed by atoms with Crippen LogP contribution in [0.5, 0.6) is 11.5 Å². The van der Waals surface area contributed by atoms with E-state index < -0.39 is 0 Å². The fourth-order valence-electron chi connectivity index (χ4n) is 3.51. The van der Waals surface area contributed by atoms with Crippen LogP contribution in [-0.2, 0) is 4.74 Å². The van der Waals surface area contributed by atoms with E-state index in [-0.39, 0.29) is 0 Å². The Labute approximate surface area is 151 Å². The molecular formula is C22H30O3. The quantitative estimate of drug-likeness (QED) is 0.554. The summed E-state index contributed by atoms with van der Waals surface area (Å²) in [7, 11) is 0. The molecule has 0 amide bonds. The number of phenols is 2. The van der Waals surface area contributed by atoms with Gasteiger partial charge in [-0.3, -0.25) is 0 Å². The van der Waals surface area contributed by atoms with E-state index in [9.17, 15) is 10.2 Å². The van der Waals surface area contributed by atoms with E-state index in [0.717, 1.165) is 38.9 Å². The highest BCUT2D eigenvalue weighted by molar-refractivity contribution is 5.34. The van der Waals surface area contributed by atoms with E-state index in [1.165, 1.54) is 11.1 Å². The molecule has 2 aromatic carbocycles. The highest BCUT2D eigenvalue weighted by Gasteiger charge is 2.23. The Morgan fingerprint density at radius 3 is 1.76 bits per heavy atom. The third kappa shape index (κ3) is 5.79. The molecule has 3 heteroatoms. The number of phenolic OH excluding ortho intramolecular Hbond substituents is 2. The first-order chi connectivity index (χ1) is 12.2. The Balaban J connectivity index is 2.18. The number of hydrogen-bond acceptors (Lipinski definition) is 3. The second-order valence-corrected chi connectivity index (χ2v) is 6.50. The Hall–Kier alpha value is -2.00. The summed E-state index contributed by atoms with van der Waals surface area (Å²) in [4.78, 5) is 0. The van der Waals surface area contributed by atoms with E-state index in [2.05, 4.69) is 6.92 Å². The summed E-state index contributed by atoms with van der Waals surface area (Å²) >= 11 is 0. The zero-order valence-corrected chi connectivity index (χ0v) is 15.3. The predicted molar refractivity (Wildman–Crippen MR) is 102 cm³/mol. The van der Waals surface area contributed by atoms with Crippen molar-refractivity contribution in [3.8, 4) is 11.5 Å². The molecule has 2 aromatic rings. The normalized spacial score (nSPS) is 13.5. The lowest BCUT2D eigenvalue weighted by Crippen LogP contribution is -2.11. The van der Waals surface area contributed by atoms with Crippen molar-refractivity contribution in [2.75, 3.05) is 13.2 Å². The van der Waals surface area contributed by atoms with E-state index in [4.69, 9.17) is 4.74 Å². The Kier molecular flexibility index (Phi) is 7.80. The third-order valence-electron chi connectivity index (χ3n) is 4.83. The number of aromatic hydroxyl groups is 2. The van der Waals surface area contributed by atoms with Crippen LogP contribution in [0.2, 0.25) is 0 Å². The van der Waals surface area contributed by atoms with Gasteiger partial charge in [-0.25, -0.2) is 0 Å². The van der Waals surface area contributed by atoms with E-state index >= 15 is 0 Å². The van der Waals surface area contributed by atoms with Crippen molar-refractivity contribution >= 4 is 0 Å². The molecule has 0 fully saturated rings. The molecule has 0 radical (unpaired) electrons. The summed E-state index contributed by atoms with van der Waals surface area (Å²) in [5, 5.41) is 19.2. The van der Waals surface area contributed by atoms with Crippen molar-refractivity contribution in [2.45, 2.75) is 51.4 Å². The highest BCUT2D eigenvalue weighted by Crippen LogP contribution is 2.39. The standard InChI is InChI=1S/C22H30O3/c1-3-21(17-8-12-19(23)13-9-17)22(7-5-6-16-25-4-2)18-10-14-20(24)15-11-18/h8-15,21-24H,3-7,16H2,1-2H3/t21-,22+/m0/s1. The van der Waals surface area contributed by atoms with Crippen LogP contribution in [0.4, 0.5) is 0 Å². The third-order valence-corrected chi connectivity index (χ3v) is 4.83. The van der Waals surface area contributed by atoms with Crippen molar-refractivity contribution in [1.29, 1.82) is 0 Å². The molecule has 0 unspecified atom stereocenters. The molecule has 0 saturated carbocycles. The SMILES string of the molecule is CCOCCCC[C@H](c1ccc(O)cc1)[C@@H](CC)c1ccc(O)cc1. The van der Waals surface area contributed by atoms with Gasteiger partial charge in [0.15, 0.2) is 0 Å². The van der Waals surface area contributed by atoms with Crippen LogP contribution in [0.25, 0.3) is 0 Å². The first-order valence-corrected chi connectivity index (χ1v) is 9.31. The van der Waals surface area contributed by atoms with Crippen molar-refractivity contribution in [1.82, 2.24) is 0 Å². The average molecular weight is 342 g/mol. The van der Waals surface area contributed by atoms with Crippen molar-refractivity contribution < 1.29 is 14.9 Å². The lowest BCUT2D eigenvalue weighted by Gasteiger charge is -2.27. The summed E-state index contributed by atoms with van der Waals surface area (Å²) in [5.41, 5.74) is 2.51. The van der Waals surface area contributed by atoms with Crippen LogP contribution >= 0.6 is 0 Å². The first kappa shape index (κ1) is 19.3. The second-order valence-electron chi connectivity index (χ2n) is 6.50. The summed E-state index contributed by atoms with van der Waals surface area (Å²) in [5.74, 6) is 1.38. The number of ether oxygens (including phenoxy) is 1. The van der Waals surface area contributed by atoms with E-state index in [1.54, 1.807) is 24.3 Å². The maximum Gasteiger partial charge on any atom is 0.115 e. The highest BCUT2D eigenvalue weighted by atomic mass is 16.5. The predicted octanol–water partition coefficient (Wildman–Crippen LogP) is 5.58. The smallest absolute Gasteiger partial charge is 0.115 e. The monoisotopic (exact) mass is 342 g/mol. The zero-order valence-electron chi connectivity index (χ0n) is 15.3. The molecule has 0 saturated heterocycles. The van der Waals surface area contributed by atoms with Gasteiger partial charge >= 0.3 is 0 Å². The summed E-state index contributed by atoms with van der Waals surface area (Å²) < 4.78 is 5.46. The molecule has 0 heterocycles. The molecule has 0 aromatic heterocycles. The molecule has 0 bridgehead atoms. The van der Waals surface area contributed by atoms with Crippen LogP contribution in [0, 0.1) is 0 Å². The number of unbranched alkanes of at least 4 members (excludes halogenated alkanes) is 1. The van der Waals surface area contributed by atoms with Crippen molar-refractivity contribution in [3.63, 3.8) is 0 Å². The largest absolute Gasteiger partial charge is 0.508 e. The van der Waals surface area contributed by atoms with Gasteiger partial charge in [-0.15, -0.1) is 0 Å². The van der Waals surface area contributed by atoms with Gasteiger partial charge in [0.2, 0.25) is 0 Å². The Bertz CT molecular complexity index is 604. The van der Waals surface area contributed by atoms with Gasteiger partial charge in [0.05, 0.1) is 0 Å². The van der Waals surface area contributed by atoms with Crippen molar-refractivity contribution in [2.24, 2.45) is 0 Å². The average Bonchev–Trinajstić information content (AvgIpc) is 2.63. The summed E-state index contributed by atoms with van der Waals surface area (Å²) in [6, 6.07) is 15.2.